The van der Waals surface area contributed by atoms with Gasteiger partial charge in [0, 0.05) is 12.5 Å². The molecular formula is C18H22FNO. The van der Waals surface area contributed by atoms with Crippen molar-refractivity contribution in [1.29, 1.82) is 0 Å². The highest BCUT2D eigenvalue weighted by Gasteiger charge is 2.15. The molecule has 0 aliphatic rings. The van der Waals surface area contributed by atoms with Crippen LogP contribution in [-0.4, -0.2) is 19.7 Å². The third kappa shape index (κ3) is 4.87. The smallest absolute Gasteiger partial charge is 0.126 e. The van der Waals surface area contributed by atoms with Gasteiger partial charge in [0.1, 0.15) is 11.6 Å². The van der Waals surface area contributed by atoms with Crippen molar-refractivity contribution in [2.75, 3.05) is 19.7 Å². The number of halogens is 1. The van der Waals surface area contributed by atoms with Crippen LogP contribution in [-0.2, 0) is 0 Å². The largest absolute Gasteiger partial charge is 0.494 e. The summed E-state index contributed by atoms with van der Waals surface area (Å²) < 4.78 is 19.7. The van der Waals surface area contributed by atoms with Gasteiger partial charge < -0.3 is 10.1 Å². The summed E-state index contributed by atoms with van der Waals surface area (Å²) >= 11 is 0. The molecule has 2 rings (SSSR count). The van der Waals surface area contributed by atoms with Crippen molar-refractivity contribution in [2.45, 2.75) is 19.3 Å². The van der Waals surface area contributed by atoms with Crippen LogP contribution in [0, 0.1) is 5.82 Å². The summed E-state index contributed by atoms with van der Waals surface area (Å²) in [5.41, 5.74) is 0.759. The first kappa shape index (κ1) is 15.5. The maximum Gasteiger partial charge on any atom is 0.126 e. The molecule has 0 fully saturated rings. The normalized spacial score (nSPS) is 12.1. The second kappa shape index (κ2) is 8.42. The van der Waals surface area contributed by atoms with E-state index in [-0.39, 0.29) is 11.7 Å². The summed E-state index contributed by atoms with van der Waals surface area (Å²) in [6.07, 6.45) is 0.781. The lowest BCUT2D eigenvalue weighted by atomic mass is 9.95. The second-order valence-electron chi connectivity index (χ2n) is 4.98. The van der Waals surface area contributed by atoms with Crippen molar-refractivity contribution < 1.29 is 9.13 Å². The van der Waals surface area contributed by atoms with Crippen LogP contribution in [0.2, 0.25) is 0 Å². The minimum Gasteiger partial charge on any atom is -0.494 e. The maximum atomic E-state index is 13.9. The molecule has 21 heavy (non-hydrogen) atoms. The number of nitrogens with one attached hydrogen (secondary N) is 1. The quantitative estimate of drug-likeness (QED) is 0.792. The molecule has 1 unspecified atom stereocenters. The minimum atomic E-state index is -0.139. The van der Waals surface area contributed by atoms with Crippen LogP contribution in [0.1, 0.15) is 24.8 Å². The zero-order chi connectivity index (χ0) is 14.9. The summed E-state index contributed by atoms with van der Waals surface area (Å²) in [6.45, 7) is 4.27. The topological polar surface area (TPSA) is 21.3 Å². The summed E-state index contributed by atoms with van der Waals surface area (Å²) in [5, 5.41) is 3.30. The first-order chi connectivity index (χ1) is 10.3. The van der Waals surface area contributed by atoms with Gasteiger partial charge in [-0.25, -0.2) is 4.39 Å². The van der Waals surface area contributed by atoms with Crippen LogP contribution in [0.5, 0.6) is 5.75 Å². The highest BCUT2D eigenvalue weighted by Crippen LogP contribution is 2.22. The molecule has 3 heteroatoms. The zero-order valence-corrected chi connectivity index (χ0v) is 12.4. The molecular weight excluding hydrogens is 265 g/mol. The van der Waals surface area contributed by atoms with E-state index in [1.165, 1.54) is 6.07 Å². The van der Waals surface area contributed by atoms with Crippen LogP contribution >= 0.6 is 0 Å². The predicted molar refractivity (Wildman–Crippen MR) is 84.2 cm³/mol. The molecule has 2 aromatic rings. The van der Waals surface area contributed by atoms with E-state index in [9.17, 15) is 4.39 Å². The Kier molecular flexibility index (Phi) is 6.22. The van der Waals surface area contributed by atoms with E-state index in [0.717, 1.165) is 30.8 Å². The van der Waals surface area contributed by atoms with Gasteiger partial charge in [-0.3, -0.25) is 0 Å². The number of likely N-dealkylation sites (N-methyl/N-ethyl adjacent to an activating group) is 1. The van der Waals surface area contributed by atoms with Gasteiger partial charge in [-0.05, 0) is 36.7 Å². The Balaban J connectivity index is 1.95. The van der Waals surface area contributed by atoms with Gasteiger partial charge >= 0.3 is 0 Å². The van der Waals surface area contributed by atoms with Crippen molar-refractivity contribution in [1.82, 2.24) is 5.32 Å². The molecule has 2 nitrogen and oxygen atoms in total. The van der Waals surface area contributed by atoms with Crippen molar-refractivity contribution in [3.8, 4) is 5.75 Å². The van der Waals surface area contributed by atoms with E-state index < -0.39 is 0 Å². The fourth-order valence-corrected chi connectivity index (χ4v) is 2.33. The van der Waals surface area contributed by atoms with Crippen LogP contribution in [0.3, 0.4) is 0 Å². The number of hydrogen-bond donors (Lipinski definition) is 1. The van der Waals surface area contributed by atoms with Gasteiger partial charge in [0.15, 0.2) is 0 Å². The van der Waals surface area contributed by atoms with E-state index in [1.54, 1.807) is 6.07 Å². The Hall–Kier alpha value is -1.87. The molecule has 0 aliphatic heterocycles. The molecule has 0 saturated heterocycles. The SMILES string of the molecule is CCNCC(CCOc1ccccc1)c1ccccc1F. The molecule has 1 N–H and O–H groups in total. The highest BCUT2D eigenvalue weighted by molar-refractivity contribution is 5.23. The van der Waals surface area contributed by atoms with E-state index in [4.69, 9.17) is 4.74 Å². The predicted octanol–water partition coefficient (Wildman–Crippen LogP) is 3.99. The number of rotatable bonds is 8. The molecule has 0 radical (unpaired) electrons. The number of ether oxygens (including phenoxy) is 1. The molecule has 0 amide bonds. The fourth-order valence-electron chi connectivity index (χ4n) is 2.33. The average molecular weight is 287 g/mol. The van der Waals surface area contributed by atoms with Gasteiger partial charge in [-0.1, -0.05) is 43.3 Å². The third-order valence-corrected chi connectivity index (χ3v) is 3.46. The van der Waals surface area contributed by atoms with Crippen LogP contribution in [0.15, 0.2) is 54.6 Å². The van der Waals surface area contributed by atoms with Gasteiger partial charge in [-0.2, -0.15) is 0 Å². The number of hydrogen-bond acceptors (Lipinski definition) is 2. The average Bonchev–Trinajstić information content (AvgIpc) is 2.52. The summed E-state index contributed by atoms with van der Waals surface area (Å²) in [5.74, 6) is 0.836. The van der Waals surface area contributed by atoms with Crippen molar-refractivity contribution in [3.05, 3.63) is 66.0 Å². The number of para-hydroxylation sites is 1. The monoisotopic (exact) mass is 287 g/mol. The summed E-state index contributed by atoms with van der Waals surface area (Å²) in [6, 6.07) is 16.7. The van der Waals surface area contributed by atoms with E-state index in [0.29, 0.717) is 6.61 Å². The summed E-state index contributed by atoms with van der Waals surface area (Å²) in [7, 11) is 0. The highest BCUT2D eigenvalue weighted by atomic mass is 19.1. The van der Waals surface area contributed by atoms with Gasteiger partial charge in [0.05, 0.1) is 6.61 Å². The molecule has 0 aromatic heterocycles. The molecule has 0 heterocycles. The van der Waals surface area contributed by atoms with Crippen LogP contribution in [0.4, 0.5) is 4.39 Å². The molecule has 1 atom stereocenters. The molecule has 0 aliphatic carbocycles. The van der Waals surface area contributed by atoms with Crippen molar-refractivity contribution >= 4 is 0 Å². The van der Waals surface area contributed by atoms with E-state index >= 15 is 0 Å². The van der Waals surface area contributed by atoms with Crippen molar-refractivity contribution in [3.63, 3.8) is 0 Å². The molecule has 112 valence electrons. The minimum absolute atomic E-state index is 0.120. The Morgan fingerprint density at radius 3 is 2.48 bits per heavy atom. The maximum absolute atomic E-state index is 13.9. The van der Waals surface area contributed by atoms with Crippen molar-refractivity contribution in [2.24, 2.45) is 0 Å². The first-order valence-electron chi connectivity index (χ1n) is 7.44. The lowest BCUT2D eigenvalue weighted by Crippen LogP contribution is -2.23. The van der Waals surface area contributed by atoms with Gasteiger partial charge in [-0.15, -0.1) is 0 Å². The summed E-state index contributed by atoms with van der Waals surface area (Å²) in [4.78, 5) is 0. The molecule has 0 saturated carbocycles. The first-order valence-corrected chi connectivity index (χ1v) is 7.44. The Morgan fingerprint density at radius 2 is 1.76 bits per heavy atom. The van der Waals surface area contributed by atoms with Crippen LogP contribution < -0.4 is 10.1 Å². The molecule has 0 bridgehead atoms. The lowest BCUT2D eigenvalue weighted by molar-refractivity contribution is 0.294. The molecule has 2 aromatic carbocycles. The number of benzene rings is 2. The molecule has 0 spiro atoms. The van der Waals surface area contributed by atoms with Gasteiger partial charge in [0.2, 0.25) is 0 Å². The fraction of sp³-hybridized carbons (Fsp3) is 0.333. The van der Waals surface area contributed by atoms with E-state index in [2.05, 4.69) is 12.2 Å². The van der Waals surface area contributed by atoms with Gasteiger partial charge in [0.25, 0.3) is 0 Å². The Labute approximate surface area is 126 Å². The second-order valence-corrected chi connectivity index (χ2v) is 4.98. The Morgan fingerprint density at radius 1 is 1.05 bits per heavy atom. The van der Waals surface area contributed by atoms with E-state index in [1.807, 2.05) is 42.5 Å². The van der Waals surface area contributed by atoms with Crippen LogP contribution in [0.25, 0.3) is 0 Å². The third-order valence-electron chi connectivity index (χ3n) is 3.46. The standard InChI is InChI=1S/C18H22FNO/c1-2-20-14-15(17-10-6-7-11-18(17)19)12-13-21-16-8-4-3-5-9-16/h3-11,15,20H,2,12-14H2,1H3. The zero-order valence-electron chi connectivity index (χ0n) is 12.4. The lowest BCUT2D eigenvalue weighted by Gasteiger charge is -2.18. The Bertz CT molecular complexity index is 530.